The number of halogens is 3. The number of hydrogen-bond donors (Lipinski definition) is 2. The van der Waals surface area contributed by atoms with Crippen LogP contribution in [0.5, 0.6) is 0 Å². The van der Waals surface area contributed by atoms with Crippen LogP contribution in [-0.4, -0.2) is 32.9 Å². The topological polar surface area (TPSA) is 67.1 Å². The van der Waals surface area contributed by atoms with Crippen molar-refractivity contribution in [3.8, 4) is 0 Å². The van der Waals surface area contributed by atoms with E-state index in [9.17, 15) is 18.0 Å². The molecule has 0 amide bonds. The lowest BCUT2D eigenvalue weighted by Gasteiger charge is -2.13. The molecule has 5 nitrogen and oxygen atoms in total. The molecule has 1 saturated carbocycles. The number of aliphatic carboxylic acids is 1. The van der Waals surface area contributed by atoms with E-state index in [2.05, 4.69) is 10.4 Å². The number of alkyl halides is 3. The van der Waals surface area contributed by atoms with E-state index in [0.717, 1.165) is 23.6 Å². The number of nitrogens with one attached hydrogen (secondary N) is 1. The summed E-state index contributed by atoms with van der Waals surface area (Å²) in [5.74, 6) is -0.991. The van der Waals surface area contributed by atoms with Gasteiger partial charge in [-0.25, -0.2) is 0 Å². The van der Waals surface area contributed by atoms with Crippen molar-refractivity contribution in [2.24, 2.45) is 0 Å². The molecule has 0 saturated heterocycles. The van der Waals surface area contributed by atoms with Crippen molar-refractivity contribution in [3.05, 3.63) is 18.0 Å². The maximum absolute atomic E-state index is 12.3. The van der Waals surface area contributed by atoms with Gasteiger partial charge in [0.1, 0.15) is 6.04 Å². The highest BCUT2D eigenvalue weighted by atomic mass is 19.4. The van der Waals surface area contributed by atoms with Gasteiger partial charge in [-0.2, -0.15) is 18.3 Å². The third-order valence-corrected chi connectivity index (χ3v) is 2.89. The van der Waals surface area contributed by atoms with Crippen molar-refractivity contribution in [1.82, 2.24) is 15.1 Å². The first-order chi connectivity index (χ1) is 8.86. The van der Waals surface area contributed by atoms with Gasteiger partial charge in [-0.1, -0.05) is 0 Å². The number of carboxylic acid groups (broad SMARTS) is 1. The number of carboxylic acids is 1. The second kappa shape index (κ2) is 5.20. The fourth-order valence-corrected chi connectivity index (χ4v) is 1.71. The molecule has 2 rings (SSSR count). The molecule has 8 heteroatoms. The van der Waals surface area contributed by atoms with Crippen LogP contribution in [0.15, 0.2) is 12.3 Å². The van der Waals surface area contributed by atoms with E-state index in [1.165, 1.54) is 6.20 Å². The van der Waals surface area contributed by atoms with Crippen LogP contribution in [0.1, 0.15) is 25.0 Å². The number of aromatic nitrogens is 2. The van der Waals surface area contributed by atoms with Crippen LogP contribution in [0.3, 0.4) is 0 Å². The van der Waals surface area contributed by atoms with Gasteiger partial charge < -0.3 is 10.4 Å². The Labute approximate surface area is 107 Å². The van der Waals surface area contributed by atoms with E-state index in [1.807, 2.05) is 0 Å². The lowest BCUT2D eigenvalue weighted by Crippen LogP contribution is -2.38. The zero-order chi connectivity index (χ0) is 14.0. The standard InChI is InChI=1S/C11H14F3N3O2/c12-11(13,14)9-4-6-17(16-9)5-3-8(10(18)19)15-7-1-2-7/h4,6-8,15H,1-3,5H2,(H,18,19). The lowest BCUT2D eigenvalue weighted by molar-refractivity contribution is -0.142. The molecular formula is C11H14F3N3O2. The Morgan fingerprint density at radius 2 is 2.26 bits per heavy atom. The zero-order valence-corrected chi connectivity index (χ0v) is 10.0. The minimum absolute atomic E-state index is 0.132. The SMILES string of the molecule is O=C(O)C(CCn1ccc(C(F)(F)F)n1)NC1CC1. The summed E-state index contributed by atoms with van der Waals surface area (Å²) < 4.78 is 38.1. The summed E-state index contributed by atoms with van der Waals surface area (Å²) in [5.41, 5.74) is -0.963. The Kier molecular flexibility index (Phi) is 3.79. The van der Waals surface area contributed by atoms with Gasteiger partial charge in [-0.3, -0.25) is 9.48 Å². The number of rotatable bonds is 6. The molecule has 1 aromatic rings. The molecule has 1 unspecified atom stereocenters. The molecule has 1 aliphatic carbocycles. The van der Waals surface area contributed by atoms with E-state index >= 15 is 0 Å². The van der Waals surface area contributed by atoms with Gasteiger partial charge in [0.15, 0.2) is 5.69 Å². The summed E-state index contributed by atoms with van der Waals surface area (Å²) in [7, 11) is 0. The normalized spacial score (nSPS) is 17.4. The largest absolute Gasteiger partial charge is 0.480 e. The first kappa shape index (κ1) is 13.9. The predicted molar refractivity (Wildman–Crippen MR) is 59.4 cm³/mol. The number of carbonyl (C=O) groups is 1. The van der Waals surface area contributed by atoms with Crippen LogP contribution in [0, 0.1) is 0 Å². The summed E-state index contributed by atoms with van der Waals surface area (Å²) >= 11 is 0. The maximum atomic E-state index is 12.3. The number of aryl methyl sites for hydroxylation is 1. The maximum Gasteiger partial charge on any atom is 0.435 e. The van der Waals surface area contributed by atoms with Gasteiger partial charge in [0.05, 0.1) is 0 Å². The van der Waals surface area contributed by atoms with Gasteiger partial charge in [-0.05, 0) is 25.3 Å². The van der Waals surface area contributed by atoms with E-state index in [4.69, 9.17) is 5.11 Å². The number of hydrogen-bond acceptors (Lipinski definition) is 3. The fraction of sp³-hybridized carbons (Fsp3) is 0.636. The van der Waals surface area contributed by atoms with Crippen molar-refractivity contribution in [1.29, 1.82) is 0 Å². The van der Waals surface area contributed by atoms with Gasteiger partial charge in [0.2, 0.25) is 0 Å². The molecule has 1 aromatic heterocycles. The van der Waals surface area contributed by atoms with Crippen molar-refractivity contribution in [3.63, 3.8) is 0 Å². The van der Waals surface area contributed by atoms with Crippen LogP contribution >= 0.6 is 0 Å². The smallest absolute Gasteiger partial charge is 0.435 e. The van der Waals surface area contributed by atoms with Crippen LogP contribution in [0.25, 0.3) is 0 Å². The molecule has 19 heavy (non-hydrogen) atoms. The van der Waals surface area contributed by atoms with Crippen molar-refractivity contribution in [2.75, 3.05) is 0 Å². The number of nitrogens with zero attached hydrogens (tertiary/aromatic N) is 2. The van der Waals surface area contributed by atoms with E-state index in [1.54, 1.807) is 0 Å². The van der Waals surface area contributed by atoms with Gasteiger partial charge in [-0.15, -0.1) is 0 Å². The Bertz CT molecular complexity index is 454. The second-order valence-electron chi connectivity index (χ2n) is 4.58. The highest BCUT2D eigenvalue weighted by Crippen LogP contribution is 2.27. The lowest BCUT2D eigenvalue weighted by atomic mass is 10.2. The van der Waals surface area contributed by atoms with Crippen molar-refractivity contribution >= 4 is 5.97 Å². The van der Waals surface area contributed by atoms with Crippen LogP contribution in [0.2, 0.25) is 0 Å². The Balaban J connectivity index is 1.89. The second-order valence-corrected chi connectivity index (χ2v) is 4.58. The molecule has 1 aliphatic rings. The van der Waals surface area contributed by atoms with E-state index in [-0.39, 0.29) is 19.0 Å². The monoisotopic (exact) mass is 277 g/mol. The highest BCUT2D eigenvalue weighted by Gasteiger charge is 2.33. The summed E-state index contributed by atoms with van der Waals surface area (Å²) in [4.78, 5) is 11.0. The molecular weight excluding hydrogens is 263 g/mol. The quantitative estimate of drug-likeness (QED) is 0.827. The van der Waals surface area contributed by atoms with Crippen molar-refractivity contribution < 1.29 is 23.1 Å². The molecule has 0 aromatic carbocycles. The van der Waals surface area contributed by atoms with Crippen LogP contribution < -0.4 is 5.32 Å². The fourth-order valence-electron chi connectivity index (χ4n) is 1.71. The zero-order valence-electron chi connectivity index (χ0n) is 10.0. The third kappa shape index (κ3) is 3.95. The Hall–Kier alpha value is -1.57. The van der Waals surface area contributed by atoms with Gasteiger partial charge in [0.25, 0.3) is 0 Å². The Morgan fingerprint density at radius 1 is 1.58 bits per heavy atom. The molecule has 1 atom stereocenters. The minimum atomic E-state index is -4.47. The molecule has 0 spiro atoms. The van der Waals surface area contributed by atoms with Crippen molar-refractivity contribution in [2.45, 2.75) is 44.1 Å². The summed E-state index contributed by atoms with van der Waals surface area (Å²) in [5, 5.41) is 15.3. The molecule has 106 valence electrons. The van der Waals surface area contributed by atoms with E-state index < -0.39 is 23.9 Å². The summed E-state index contributed by atoms with van der Waals surface area (Å²) in [6.45, 7) is 0.132. The van der Waals surface area contributed by atoms with Crippen LogP contribution in [0.4, 0.5) is 13.2 Å². The highest BCUT2D eigenvalue weighted by molar-refractivity contribution is 5.73. The van der Waals surface area contributed by atoms with Crippen LogP contribution in [-0.2, 0) is 17.5 Å². The molecule has 2 N–H and O–H groups in total. The molecule has 1 heterocycles. The van der Waals surface area contributed by atoms with Gasteiger partial charge in [0, 0.05) is 18.8 Å². The molecule has 1 fully saturated rings. The van der Waals surface area contributed by atoms with Gasteiger partial charge >= 0.3 is 12.1 Å². The molecule has 0 bridgehead atoms. The average molecular weight is 277 g/mol. The summed E-state index contributed by atoms with van der Waals surface area (Å²) in [6, 6.07) is 0.361. The third-order valence-electron chi connectivity index (χ3n) is 2.89. The minimum Gasteiger partial charge on any atom is -0.480 e. The molecule has 0 aliphatic heterocycles. The summed E-state index contributed by atoms with van der Waals surface area (Å²) in [6.07, 6.45) is -1.17. The Morgan fingerprint density at radius 3 is 2.74 bits per heavy atom. The first-order valence-electron chi connectivity index (χ1n) is 5.96. The first-order valence-corrected chi connectivity index (χ1v) is 5.96. The predicted octanol–water partition coefficient (Wildman–Crippen LogP) is 1.50. The van der Waals surface area contributed by atoms with E-state index in [0.29, 0.717) is 0 Å². The molecule has 0 radical (unpaired) electrons. The average Bonchev–Trinajstić information content (AvgIpc) is 2.97.